The van der Waals surface area contributed by atoms with Crippen LogP contribution < -0.4 is 0 Å². The van der Waals surface area contributed by atoms with Gasteiger partial charge in [-0.05, 0) is 25.3 Å². The molecule has 1 unspecified atom stereocenters. The van der Waals surface area contributed by atoms with Crippen molar-refractivity contribution in [1.29, 1.82) is 0 Å². The standard InChI is InChI=1S/C8H12O.H2O/c1-2-3-5-8-6-4-7-9-8;/h3,8H,1,4-7H2;1H2. The first-order valence-electron chi connectivity index (χ1n) is 3.39. The Bertz CT molecular complexity index is 119. The summed E-state index contributed by atoms with van der Waals surface area (Å²) in [6, 6.07) is 0. The van der Waals surface area contributed by atoms with Gasteiger partial charge in [0.1, 0.15) is 0 Å². The summed E-state index contributed by atoms with van der Waals surface area (Å²) in [5.74, 6) is 0. The van der Waals surface area contributed by atoms with E-state index in [0.717, 1.165) is 13.0 Å². The van der Waals surface area contributed by atoms with Gasteiger partial charge in [0, 0.05) is 6.61 Å². The van der Waals surface area contributed by atoms with Gasteiger partial charge in [-0.25, -0.2) is 0 Å². The zero-order valence-corrected chi connectivity index (χ0v) is 6.10. The molecule has 0 aliphatic carbocycles. The van der Waals surface area contributed by atoms with Gasteiger partial charge in [-0.1, -0.05) is 6.58 Å². The van der Waals surface area contributed by atoms with E-state index in [0.29, 0.717) is 6.10 Å². The molecule has 0 bridgehead atoms. The van der Waals surface area contributed by atoms with Gasteiger partial charge in [0.05, 0.1) is 6.10 Å². The summed E-state index contributed by atoms with van der Waals surface area (Å²) in [6.07, 6.45) is 5.81. The van der Waals surface area contributed by atoms with Gasteiger partial charge in [0.2, 0.25) is 0 Å². The van der Waals surface area contributed by atoms with Gasteiger partial charge in [-0.3, -0.25) is 0 Å². The van der Waals surface area contributed by atoms with Crippen molar-refractivity contribution in [1.82, 2.24) is 0 Å². The second kappa shape index (κ2) is 5.24. The van der Waals surface area contributed by atoms with Gasteiger partial charge in [0.25, 0.3) is 0 Å². The summed E-state index contributed by atoms with van der Waals surface area (Å²) in [5, 5.41) is 0. The number of ether oxygens (including phenoxy) is 1. The fourth-order valence-electron chi connectivity index (χ4n) is 1.05. The molecule has 1 aliphatic rings. The molecule has 1 heterocycles. The average Bonchev–Trinajstić information content (AvgIpc) is 2.34. The number of rotatable bonds is 2. The van der Waals surface area contributed by atoms with Gasteiger partial charge in [-0.15, -0.1) is 5.73 Å². The summed E-state index contributed by atoms with van der Waals surface area (Å²) in [5.41, 5.74) is 2.74. The van der Waals surface area contributed by atoms with Crippen LogP contribution >= 0.6 is 0 Å². The van der Waals surface area contributed by atoms with Crippen LogP contribution in [0, 0.1) is 0 Å². The average molecular weight is 142 g/mol. The third kappa shape index (κ3) is 2.83. The Balaban J connectivity index is 0.000000810. The summed E-state index contributed by atoms with van der Waals surface area (Å²) in [7, 11) is 0. The molecular formula is C8H14O2. The van der Waals surface area contributed by atoms with E-state index < -0.39 is 0 Å². The zero-order valence-electron chi connectivity index (χ0n) is 6.10. The van der Waals surface area contributed by atoms with Crippen molar-refractivity contribution in [3.63, 3.8) is 0 Å². The summed E-state index contributed by atoms with van der Waals surface area (Å²) in [4.78, 5) is 0. The molecule has 2 nitrogen and oxygen atoms in total. The van der Waals surface area contributed by atoms with Crippen molar-refractivity contribution < 1.29 is 10.2 Å². The summed E-state index contributed by atoms with van der Waals surface area (Å²) in [6.45, 7) is 4.43. The minimum Gasteiger partial charge on any atom is -0.412 e. The van der Waals surface area contributed by atoms with E-state index in [4.69, 9.17) is 4.74 Å². The van der Waals surface area contributed by atoms with Crippen molar-refractivity contribution in [3.05, 3.63) is 18.4 Å². The van der Waals surface area contributed by atoms with E-state index >= 15 is 0 Å². The quantitative estimate of drug-likeness (QED) is 0.532. The van der Waals surface area contributed by atoms with Gasteiger partial charge in [-0.2, -0.15) is 0 Å². The number of hydrogen-bond acceptors (Lipinski definition) is 1. The molecular weight excluding hydrogens is 128 g/mol. The second-order valence-corrected chi connectivity index (χ2v) is 2.28. The molecule has 0 spiro atoms. The Kier molecular flexibility index (Phi) is 4.95. The Morgan fingerprint density at radius 1 is 1.70 bits per heavy atom. The summed E-state index contributed by atoms with van der Waals surface area (Å²) >= 11 is 0. The van der Waals surface area contributed by atoms with Crippen LogP contribution in [0.4, 0.5) is 0 Å². The van der Waals surface area contributed by atoms with Crippen LogP contribution in [0.1, 0.15) is 19.3 Å². The van der Waals surface area contributed by atoms with E-state index in [-0.39, 0.29) is 5.48 Å². The van der Waals surface area contributed by atoms with E-state index in [2.05, 4.69) is 12.3 Å². The van der Waals surface area contributed by atoms with Gasteiger partial charge >= 0.3 is 0 Å². The minimum absolute atomic E-state index is 0. The van der Waals surface area contributed by atoms with Crippen molar-refractivity contribution in [2.75, 3.05) is 6.61 Å². The fourth-order valence-corrected chi connectivity index (χ4v) is 1.05. The molecule has 0 aromatic heterocycles. The van der Waals surface area contributed by atoms with Crippen LogP contribution in [0.15, 0.2) is 18.4 Å². The van der Waals surface area contributed by atoms with Crippen LogP contribution in [0.5, 0.6) is 0 Å². The molecule has 1 aliphatic heterocycles. The van der Waals surface area contributed by atoms with E-state index in [1.165, 1.54) is 12.8 Å². The highest BCUT2D eigenvalue weighted by Gasteiger charge is 2.12. The topological polar surface area (TPSA) is 40.7 Å². The highest BCUT2D eigenvalue weighted by molar-refractivity contribution is 4.81. The lowest BCUT2D eigenvalue weighted by Gasteiger charge is -2.02. The maximum Gasteiger partial charge on any atom is 0.0616 e. The molecule has 1 rings (SSSR count). The van der Waals surface area contributed by atoms with Crippen LogP contribution in [0.3, 0.4) is 0 Å². The largest absolute Gasteiger partial charge is 0.412 e. The first kappa shape index (κ1) is 9.44. The molecule has 1 atom stereocenters. The lowest BCUT2D eigenvalue weighted by molar-refractivity contribution is 0.113. The maximum absolute atomic E-state index is 5.36. The SMILES string of the molecule is C=C=CCC1CCCO1.O. The van der Waals surface area contributed by atoms with Crippen LogP contribution in [-0.4, -0.2) is 18.2 Å². The highest BCUT2D eigenvalue weighted by Crippen LogP contribution is 2.14. The van der Waals surface area contributed by atoms with Crippen LogP contribution in [0.2, 0.25) is 0 Å². The van der Waals surface area contributed by atoms with Gasteiger partial charge in [0.15, 0.2) is 0 Å². The monoisotopic (exact) mass is 142 g/mol. The normalized spacial score (nSPS) is 23.0. The first-order valence-corrected chi connectivity index (χ1v) is 3.39. The molecule has 58 valence electrons. The Labute approximate surface area is 61.5 Å². The minimum atomic E-state index is 0. The molecule has 1 fully saturated rings. The molecule has 1 saturated heterocycles. The Morgan fingerprint density at radius 3 is 3.00 bits per heavy atom. The predicted octanol–water partition coefficient (Wildman–Crippen LogP) is 1.07. The predicted molar refractivity (Wildman–Crippen MR) is 40.9 cm³/mol. The summed E-state index contributed by atoms with van der Waals surface area (Å²) < 4.78 is 5.36. The zero-order chi connectivity index (χ0) is 6.53. The van der Waals surface area contributed by atoms with E-state index in [9.17, 15) is 0 Å². The third-order valence-corrected chi connectivity index (χ3v) is 1.55. The molecule has 2 heteroatoms. The Hall–Kier alpha value is -0.560. The molecule has 0 aromatic carbocycles. The first-order chi connectivity index (χ1) is 4.43. The van der Waals surface area contributed by atoms with Crippen molar-refractivity contribution in [3.8, 4) is 0 Å². The molecule has 0 radical (unpaired) electrons. The van der Waals surface area contributed by atoms with E-state index in [1.54, 1.807) is 0 Å². The maximum atomic E-state index is 5.36. The lowest BCUT2D eigenvalue weighted by atomic mass is 10.2. The van der Waals surface area contributed by atoms with E-state index in [1.807, 2.05) is 6.08 Å². The Morgan fingerprint density at radius 2 is 2.50 bits per heavy atom. The molecule has 2 N–H and O–H groups in total. The second-order valence-electron chi connectivity index (χ2n) is 2.28. The number of hydrogen-bond donors (Lipinski definition) is 0. The van der Waals surface area contributed by atoms with Crippen LogP contribution in [0.25, 0.3) is 0 Å². The molecule has 0 amide bonds. The smallest absolute Gasteiger partial charge is 0.0616 e. The van der Waals surface area contributed by atoms with Gasteiger partial charge < -0.3 is 10.2 Å². The fraction of sp³-hybridized carbons (Fsp3) is 0.625. The van der Waals surface area contributed by atoms with Crippen molar-refractivity contribution >= 4 is 0 Å². The highest BCUT2D eigenvalue weighted by atomic mass is 16.5. The molecule has 0 aromatic rings. The van der Waals surface area contributed by atoms with Crippen molar-refractivity contribution in [2.45, 2.75) is 25.4 Å². The van der Waals surface area contributed by atoms with Crippen LogP contribution in [-0.2, 0) is 4.74 Å². The lowest BCUT2D eigenvalue weighted by Crippen LogP contribution is -2.01. The van der Waals surface area contributed by atoms with Crippen molar-refractivity contribution in [2.24, 2.45) is 0 Å². The molecule has 0 saturated carbocycles. The third-order valence-electron chi connectivity index (χ3n) is 1.55. The molecule has 10 heavy (non-hydrogen) atoms.